The number of anilines is 1. The van der Waals surface area contributed by atoms with E-state index >= 15 is 0 Å². The van der Waals surface area contributed by atoms with Crippen molar-refractivity contribution in [3.8, 4) is 0 Å². The van der Waals surface area contributed by atoms with Gasteiger partial charge in [0.2, 0.25) is 5.91 Å². The van der Waals surface area contributed by atoms with Crippen LogP contribution in [-0.4, -0.2) is 36.6 Å². The Kier molecular flexibility index (Phi) is 4.16. The zero-order chi connectivity index (χ0) is 15.7. The zero-order valence-corrected chi connectivity index (χ0v) is 12.8. The number of carbonyl (C=O) groups is 2. The van der Waals surface area contributed by atoms with E-state index in [4.69, 9.17) is 5.11 Å². The van der Waals surface area contributed by atoms with E-state index in [1.54, 1.807) is 6.92 Å². The Morgan fingerprint density at radius 2 is 2.14 bits per heavy atom. The van der Waals surface area contributed by atoms with Gasteiger partial charge in [-0.05, 0) is 37.1 Å². The molecule has 0 saturated carbocycles. The molecule has 2 aliphatic rings. The largest absolute Gasteiger partial charge is 0.481 e. The minimum Gasteiger partial charge on any atom is -0.481 e. The molecular formula is C17H22N2O3. The molecule has 1 aromatic rings. The monoisotopic (exact) mass is 302 g/mol. The summed E-state index contributed by atoms with van der Waals surface area (Å²) in [6, 6.07) is 7.74. The summed E-state index contributed by atoms with van der Waals surface area (Å²) in [4.78, 5) is 25.3. The second-order valence-corrected chi connectivity index (χ2v) is 6.42. The van der Waals surface area contributed by atoms with Crippen molar-refractivity contribution >= 4 is 17.6 Å². The molecule has 1 amide bonds. The Morgan fingerprint density at radius 1 is 1.41 bits per heavy atom. The lowest BCUT2D eigenvalue weighted by Gasteiger charge is -2.22. The van der Waals surface area contributed by atoms with Crippen LogP contribution in [0.15, 0.2) is 24.3 Å². The molecule has 2 heterocycles. The summed E-state index contributed by atoms with van der Waals surface area (Å²) in [5.74, 6) is -0.373. The first kappa shape index (κ1) is 15.0. The van der Waals surface area contributed by atoms with Gasteiger partial charge in [-0.3, -0.25) is 9.59 Å². The van der Waals surface area contributed by atoms with Crippen LogP contribution in [0.2, 0.25) is 0 Å². The number of hydrogen-bond donors (Lipinski definition) is 2. The predicted octanol–water partition coefficient (Wildman–Crippen LogP) is 1.52. The SMILES string of the molecule is CC(Cc1ccc(N2C[C@@H]3CNCC[C@@H]3C2=O)cc1)C(=O)O. The van der Waals surface area contributed by atoms with Crippen LogP contribution < -0.4 is 10.2 Å². The highest BCUT2D eigenvalue weighted by atomic mass is 16.4. The first-order valence-corrected chi connectivity index (χ1v) is 7.90. The Balaban J connectivity index is 1.70. The van der Waals surface area contributed by atoms with Crippen LogP contribution in [0.3, 0.4) is 0 Å². The van der Waals surface area contributed by atoms with Gasteiger partial charge in [-0.2, -0.15) is 0 Å². The minimum absolute atomic E-state index is 0.160. The molecule has 1 unspecified atom stereocenters. The van der Waals surface area contributed by atoms with E-state index in [-0.39, 0.29) is 11.8 Å². The molecule has 2 fully saturated rings. The van der Waals surface area contributed by atoms with Crippen LogP contribution in [0.5, 0.6) is 0 Å². The summed E-state index contributed by atoms with van der Waals surface area (Å²) in [6.07, 6.45) is 1.44. The van der Waals surface area contributed by atoms with Crippen LogP contribution in [0.4, 0.5) is 5.69 Å². The molecule has 0 aromatic heterocycles. The van der Waals surface area contributed by atoms with Gasteiger partial charge in [0, 0.05) is 30.6 Å². The smallest absolute Gasteiger partial charge is 0.306 e. The van der Waals surface area contributed by atoms with Crippen molar-refractivity contribution in [2.24, 2.45) is 17.8 Å². The molecule has 118 valence electrons. The van der Waals surface area contributed by atoms with Crippen LogP contribution in [0.25, 0.3) is 0 Å². The van der Waals surface area contributed by atoms with Crippen molar-refractivity contribution in [3.05, 3.63) is 29.8 Å². The predicted molar refractivity (Wildman–Crippen MR) is 83.8 cm³/mol. The van der Waals surface area contributed by atoms with E-state index in [0.29, 0.717) is 12.3 Å². The molecule has 3 atom stereocenters. The number of amides is 1. The van der Waals surface area contributed by atoms with Gasteiger partial charge in [-0.1, -0.05) is 19.1 Å². The number of rotatable bonds is 4. The molecular weight excluding hydrogens is 280 g/mol. The molecule has 0 bridgehead atoms. The molecule has 5 nitrogen and oxygen atoms in total. The second kappa shape index (κ2) is 6.08. The van der Waals surface area contributed by atoms with Gasteiger partial charge in [0.25, 0.3) is 0 Å². The number of carboxylic acids is 1. The van der Waals surface area contributed by atoms with Gasteiger partial charge in [-0.25, -0.2) is 0 Å². The Bertz CT molecular complexity index is 570. The highest BCUT2D eigenvalue weighted by Gasteiger charge is 2.41. The van der Waals surface area contributed by atoms with E-state index in [0.717, 1.165) is 37.3 Å². The fraction of sp³-hybridized carbons (Fsp3) is 0.529. The van der Waals surface area contributed by atoms with Crippen molar-refractivity contribution in [2.45, 2.75) is 19.8 Å². The highest BCUT2D eigenvalue weighted by molar-refractivity contribution is 5.97. The first-order chi connectivity index (χ1) is 10.6. The third kappa shape index (κ3) is 2.86. The van der Waals surface area contributed by atoms with Gasteiger partial charge < -0.3 is 15.3 Å². The summed E-state index contributed by atoms with van der Waals surface area (Å²) in [7, 11) is 0. The molecule has 5 heteroatoms. The Morgan fingerprint density at radius 3 is 2.77 bits per heavy atom. The molecule has 0 spiro atoms. The lowest BCUT2D eigenvalue weighted by atomic mass is 9.89. The molecule has 2 N–H and O–H groups in total. The number of carbonyl (C=O) groups excluding carboxylic acids is 1. The van der Waals surface area contributed by atoms with Gasteiger partial charge in [0.1, 0.15) is 0 Å². The number of carboxylic acid groups (broad SMARTS) is 1. The molecule has 0 aliphatic carbocycles. The molecule has 2 aliphatic heterocycles. The maximum atomic E-state index is 12.5. The molecule has 3 rings (SSSR count). The highest BCUT2D eigenvalue weighted by Crippen LogP contribution is 2.33. The molecule has 0 radical (unpaired) electrons. The van der Waals surface area contributed by atoms with Gasteiger partial charge in [-0.15, -0.1) is 0 Å². The van der Waals surface area contributed by atoms with Crippen LogP contribution >= 0.6 is 0 Å². The molecule has 22 heavy (non-hydrogen) atoms. The van der Waals surface area contributed by atoms with E-state index < -0.39 is 11.9 Å². The number of piperidine rings is 1. The van der Waals surface area contributed by atoms with Crippen LogP contribution in [0.1, 0.15) is 18.9 Å². The van der Waals surface area contributed by atoms with Crippen LogP contribution in [0, 0.1) is 17.8 Å². The average Bonchev–Trinajstić information content (AvgIpc) is 2.85. The van der Waals surface area contributed by atoms with E-state index in [2.05, 4.69) is 5.32 Å². The summed E-state index contributed by atoms with van der Waals surface area (Å²) in [6.45, 7) is 4.33. The van der Waals surface area contributed by atoms with Crippen molar-refractivity contribution in [1.29, 1.82) is 0 Å². The normalized spacial score (nSPS) is 25.9. The maximum Gasteiger partial charge on any atom is 0.306 e. The second-order valence-electron chi connectivity index (χ2n) is 6.42. The van der Waals surface area contributed by atoms with Crippen LogP contribution in [-0.2, 0) is 16.0 Å². The van der Waals surface area contributed by atoms with Crippen molar-refractivity contribution in [3.63, 3.8) is 0 Å². The fourth-order valence-electron chi connectivity index (χ4n) is 3.45. The lowest BCUT2D eigenvalue weighted by Crippen LogP contribution is -2.36. The van der Waals surface area contributed by atoms with E-state index in [1.165, 1.54) is 0 Å². The minimum atomic E-state index is -0.782. The Hall–Kier alpha value is -1.88. The number of nitrogens with zero attached hydrogens (tertiary/aromatic N) is 1. The zero-order valence-electron chi connectivity index (χ0n) is 12.8. The topological polar surface area (TPSA) is 69.6 Å². The summed E-state index contributed by atoms with van der Waals surface area (Å²) < 4.78 is 0. The average molecular weight is 302 g/mol. The van der Waals surface area contributed by atoms with E-state index in [9.17, 15) is 9.59 Å². The quantitative estimate of drug-likeness (QED) is 0.885. The van der Waals surface area contributed by atoms with Gasteiger partial charge >= 0.3 is 5.97 Å². The standard InChI is InChI=1S/C17H22N2O3/c1-11(17(21)22)8-12-2-4-14(5-3-12)19-10-13-9-18-7-6-15(13)16(19)20/h2-5,11,13,15,18H,6-10H2,1H3,(H,21,22)/t11?,13-,15-/m0/s1. The third-order valence-corrected chi connectivity index (χ3v) is 4.82. The van der Waals surface area contributed by atoms with Gasteiger partial charge in [0.15, 0.2) is 0 Å². The molecule has 1 aromatic carbocycles. The van der Waals surface area contributed by atoms with Crippen molar-refractivity contribution in [1.82, 2.24) is 5.32 Å². The van der Waals surface area contributed by atoms with E-state index in [1.807, 2.05) is 29.2 Å². The fourth-order valence-corrected chi connectivity index (χ4v) is 3.45. The summed E-state index contributed by atoms with van der Waals surface area (Å²) in [5.41, 5.74) is 1.91. The van der Waals surface area contributed by atoms with Gasteiger partial charge in [0.05, 0.1) is 5.92 Å². The summed E-state index contributed by atoms with van der Waals surface area (Å²) in [5, 5.41) is 12.3. The number of fused-ring (bicyclic) bond motifs is 1. The van der Waals surface area contributed by atoms with Crippen molar-refractivity contribution in [2.75, 3.05) is 24.5 Å². The third-order valence-electron chi connectivity index (χ3n) is 4.82. The number of aliphatic carboxylic acids is 1. The molecule has 2 saturated heterocycles. The number of nitrogens with one attached hydrogen (secondary N) is 1. The summed E-state index contributed by atoms with van der Waals surface area (Å²) >= 11 is 0. The first-order valence-electron chi connectivity index (χ1n) is 7.90. The number of hydrogen-bond acceptors (Lipinski definition) is 3. The lowest BCUT2D eigenvalue weighted by molar-refractivity contribution is -0.141. The number of benzene rings is 1. The van der Waals surface area contributed by atoms with Crippen molar-refractivity contribution < 1.29 is 14.7 Å². The maximum absolute atomic E-state index is 12.5. The Labute approximate surface area is 130 Å².